The second-order valence-corrected chi connectivity index (χ2v) is 4.76. The minimum atomic E-state index is -0.449. The summed E-state index contributed by atoms with van der Waals surface area (Å²) in [6.07, 6.45) is 2.66. The fraction of sp³-hybridized carbons (Fsp3) is 0.333. The van der Waals surface area contributed by atoms with Crippen LogP contribution in [0.15, 0.2) is 32.4 Å². The molecule has 12 heteroatoms. The van der Waals surface area contributed by atoms with E-state index in [9.17, 15) is 9.59 Å². The molecule has 0 unspecified atom stereocenters. The van der Waals surface area contributed by atoms with Crippen molar-refractivity contribution < 1.29 is 0 Å². The second-order valence-electron chi connectivity index (χ2n) is 4.76. The van der Waals surface area contributed by atoms with E-state index in [4.69, 9.17) is 0 Å². The largest absolute Gasteiger partial charge is 0.351 e. The van der Waals surface area contributed by atoms with Crippen LogP contribution in [0.1, 0.15) is 13.8 Å². The molecule has 0 saturated heterocycles. The third-order valence-electron chi connectivity index (χ3n) is 2.88. The lowest BCUT2D eigenvalue weighted by atomic mass is 10.3. The van der Waals surface area contributed by atoms with E-state index < -0.39 is 11.4 Å². The van der Waals surface area contributed by atoms with Crippen molar-refractivity contribution in [3.8, 4) is 0 Å². The second kappa shape index (κ2) is 7.21. The van der Waals surface area contributed by atoms with Crippen LogP contribution in [0.5, 0.6) is 0 Å². The van der Waals surface area contributed by atoms with Gasteiger partial charge in [0.25, 0.3) is 0 Å². The lowest BCUT2D eigenvalue weighted by Crippen LogP contribution is -2.22. The molecule has 2 N–H and O–H groups in total. The molecule has 0 saturated carbocycles. The summed E-state index contributed by atoms with van der Waals surface area (Å²) in [4.78, 5) is 37.9. The monoisotopic (exact) mass is 332 g/mol. The van der Waals surface area contributed by atoms with E-state index in [0.29, 0.717) is 11.4 Å². The van der Waals surface area contributed by atoms with Crippen molar-refractivity contribution in [3.05, 3.63) is 33.6 Å². The van der Waals surface area contributed by atoms with Crippen LogP contribution >= 0.6 is 0 Å². The molecule has 0 aliphatic heterocycles. The van der Waals surface area contributed by atoms with Gasteiger partial charge < -0.3 is 0 Å². The zero-order valence-electron chi connectivity index (χ0n) is 13.5. The van der Waals surface area contributed by atoms with E-state index in [1.807, 2.05) is 0 Å². The third-order valence-corrected chi connectivity index (χ3v) is 2.88. The SMILES string of the molecule is CC(=N\Nc1ncn(C)c(=O)n1)/C(C)=N/Nc1ncn(C)c(=O)n1. The van der Waals surface area contributed by atoms with E-state index in [-0.39, 0.29) is 11.9 Å². The Balaban J connectivity index is 2.05. The smallest absolute Gasteiger partial charge is 0.286 e. The molecule has 0 aromatic carbocycles. The molecule has 0 aliphatic rings. The topological polar surface area (TPSA) is 144 Å². The molecule has 0 bridgehead atoms. The summed E-state index contributed by atoms with van der Waals surface area (Å²) in [5.74, 6) is 0.154. The number of hydrogen-bond donors (Lipinski definition) is 2. The summed E-state index contributed by atoms with van der Waals surface area (Å²) in [7, 11) is 3.09. The van der Waals surface area contributed by atoms with Crippen LogP contribution in [-0.2, 0) is 14.1 Å². The van der Waals surface area contributed by atoms with E-state index >= 15 is 0 Å². The summed E-state index contributed by atoms with van der Waals surface area (Å²) in [6, 6.07) is 0. The summed E-state index contributed by atoms with van der Waals surface area (Å²) in [6.45, 7) is 3.39. The fourth-order valence-corrected chi connectivity index (χ4v) is 1.32. The lowest BCUT2D eigenvalue weighted by Gasteiger charge is -2.03. The van der Waals surface area contributed by atoms with Crippen molar-refractivity contribution in [1.82, 2.24) is 29.1 Å². The van der Waals surface area contributed by atoms with Gasteiger partial charge in [-0.05, 0) is 13.8 Å². The van der Waals surface area contributed by atoms with Crippen molar-refractivity contribution in [3.63, 3.8) is 0 Å². The summed E-state index contributed by atoms with van der Waals surface area (Å²) in [5, 5.41) is 8.05. The van der Waals surface area contributed by atoms with Gasteiger partial charge in [-0.2, -0.15) is 20.2 Å². The van der Waals surface area contributed by atoms with Gasteiger partial charge >= 0.3 is 11.4 Å². The molecule has 2 rings (SSSR count). The van der Waals surface area contributed by atoms with Crippen LogP contribution < -0.4 is 22.2 Å². The molecule has 0 fully saturated rings. The Morgan fingerprint density at radius 2 is 1.25 bits per heavy atom. The number of rotatable bonds is 5. The Bertz CT molecular complexity index is 835. The minimum Gasteiger partial charge on any atom is -0.286 e. The molecule has 0 radical (unpaired) electrons. The predicted molar refractivity (Wildman–Crippen MR) is 88.0 cm³/mol. The highest BCUT2D eigenvalue weighted by molar-refractivity contribution is 6.40. The minimum absolute atomic E-state index is 0.0769. The van der Waals surface area contributed by atoms with Gasteiger partial charge in [-0.15, -0.1) is 0 Å². The van der Waals surface area contributed by atoms with Gasteiger partial charge in [0, 0.05) is 14.1 Å². The van der Waals surface area contributed by atoms with E-state index in [0.717, 1.165) is 0 Å². The van der Waals surface area contributed by atoms with Gasteiger partial charge in [-0.25, -0.2) is 30.4 Å². The molecule has 2 aromatic rings. The fourth-order valence-electron chi connectivity index (χ4n) is 1.32. The first-order valence-electron chi connectivity index (χ1n) is 6.77. The normalized spacial score (nSPS) is 12.2. The lowest BCUT2D eigenvalue weighted by molar-refractivity contribution is 0.772. The maximum Gasteiger partial charge on any atom is 0.351 e. The average Bonchev–Trinajstić information content (AvgIpc) is 2.56. The number of aromatic nitrogens is 6. The van der Waals surface area contributed by atoms with Crippen molar-refractivity contribution in [2.45, 2.75) is 13.8 Å². The predicted octanol–water partition coefficient (Wildman–Crippen LogP) is -1.06. The average molecular weight is 332 g/mol. The highest BCUT2D eigenvalue weighted by Gasteiger charge is 2.02. The van der Waals surface area contributed by atoms with Gasteiger partial charge in [-0.1, -0.05) is 0 Å². The van der Waals surface area contributed by atoms with Crippen LogP contribution in [0.4, 0.5) is 11.9 Å². The number of nitrogens with one attached hydrogen (secondary N) is 2. The van der Waals surface area contributed by atoms with Gasteiger partial charge in [0.1, 0.15) is 12.7 Å². The van der Waals surface area contributed by atoms with Gasteiger partial charge in [-0.3, -0.25) is 9.13 Å². The Hall–Kier alpha value is -3.44. The van der Waals surface area contributed by atoms with Crippen molar-refractivity contribution >= 4 is 23.3 Å². The Morgan fingerprint density at radius 1 is 0.875 bits per heavy atom. The first-order valence-corrected chi connectivity index (χ1v) is 6.77. The highest BCUT2D eigenvalue weighted by atomic mass is 16.1. The molecule has 0 atom stereocenters. The summed E-state index contributed by atoms with van der Waals surface area (Å²) >= 11 is 0. The first kappa shape index (κ1) is 16.9. The van der Waals surface area contributed by atoms with Crippen LogP contribution in [0.2, 0.25) is 0 Å². The van der Waals surface area contributed by atoms with Crippen molar-refractivity contribution in [1.29, 1.82) is 0 Å². The molecule has 126 valence electrons. The van der Waals surface area contributed by atoms with Gasteiger partial charge in [0.2, 0.25) is 11.9 Å². The molecule has 0 amide bonds. The number of hydrazone groups is 2. The molecular weight excluding hydrogens is 316 g/mol. The first-order chi connectivity index (χ1) is 11.4. The van der Waals surface area contributed by atoms with Crippen LogP contribution in [0, 0.1) is 0 Å². The van der Waals surface area contributed by atoms with Crippen LogP contribution in [-0.4, -0.2) is 40.5 Å². The Morgan fingerprint density at radius 3 is 1.58 bits per heavy atom. The number of nitrogens with zero attached hydrogens (tertiary/aromatic N) is 8. The van der Waals surface area contributed by atoms with Crippen LogP contribution in [0.25, 0.3) is 0 Å². The van der Waals surface area contributed by atoms with E-state index in [1.54, 1.807) is 27.9 Å². The summed E-state index contributed by atoms with van der Waals surface area (Å²) < 4.78 is 2.48. The maximum absolute atomic E-state index is 11.4. The molecule has 12 nitrogen and oxygen atoms in total. The number of anilines is 2. The van der Waals surface area contributed by atoms with Gasteiger partial charge in [0.15, 0.2) is 0 Å². The zero-order chi connectivity index (χ0) is 17.7. The van der Waals surface area contributed by atoms with E-state index in [1.165, 1.54) is 21.8 Å². The quantitative estimate of drug-likeness (QED) is 0.520. The Labute approximate surface area is 136 Å². The van der Waals surface area contributed by atoms with Crippen LogP contribution in [0.3, 0.4) is 0 Å². The molecule has 24 heavy (non-hydrogen) atoms. The Kier molecular flexibility index (Phi) is 5.09. The van der Waals surface area contributed by atoms with E-state index in [2.05, 4.69) is 41.0 Å². The third kappa shape index (κ3) is 4.28. The molecule has 2 aromatic heterocycles. The zero-order valence-corrected chi connectivity index (χ0v) is 13.5. The maximum atomic E-state index is 11.4. The molecule has 2 heterocycles. The molecule has 0 spiro atoms. The number of aryl methyl sites for hydroxylation is 2. The standard InChI is InChI=1S/C12H16N10O2/c1-7(17-19-9-13-5-21(3)11(23)15-9)8(2)18-20-10-14-6-22(4)12(24)16-10/h5-6H,1-4H3,(H,15,19,23)(H,16,20,24)/b17-7+,18-8+. The molecule has 0 aliphatic carbocycles. The van der Waals surface area contributed by atoms with Gasteiger partial charge in [0.05, 0.1) is 11.4 Å². The molecular formula is C12H16N10O2. The highest BCUT2D eigenvalue weighted by Crippen LogP contribution is 1.95. The van der Waals surface area contributed by atoms with Crippen molar-refractivity contribution in [2.75, 3.05) is 10.9 Å². The summed E-state index contributed by atoms with van der Waals surface area (Å²) in [5.41, 5.74) is 5.26. The number of hydrogen-bond acceptors (Lipinski definition) is 10. The van der Waals surface area contributed by atoms with Crippen molar-refractivity contribution in [2.24, 2.45) is 24.3 Å².